The molecule has 0 bridgehead atoms. The highest BCUT2D eigenvalue weighted by Gasteiger charge is 2.23. The van der Waals surface area contributed by atoms with E-state index in [0.717, 1.165) is 0 Å². The van der Waals surface area contributed by atoms with Crippen LogP contribution in [0.2, 0.25) is 5.02 Å². The Bertz CT molecular complexity index is 675. The molecule has 0 radical (unpaired) electrons. The largest absolute Gasteiger partial charge is 0.469 e. The Hall–Kier alpha value is -1.80. The molecule has 1 rings (SSSR count). The SMILES string of the molecule is CNC(=O)c1ccc(Cl)cc1NS(=O)(=O)C[C@H](C)C(=O)OC. The lowest BCUT2D eigenvalue weighted by atomic mass is 10.2. The molecule has 0 spiro atoms. The lowest BCUT2D eigenvalue weighted by molar-refractivity contribution is -0.144. The minimum atomic E-state index is -3.86. The smallest absolute Gasteiger partial charge is 0.309 e. The number of methoxy groups -OCH3 is 1. The molecule has 122 valence electrons. The maximum atomic E-state index is 12.1. The Morgan fingerprint density at radius 1 is 1.36 bits per heavy atom. The molecule has 9 heteroatoms. The Morgan fingerprint density at radius 2 is 2.00 bits per heavy atom. The molecule has 1 atom stereocenters. The number of hydrogen-bond donors (Lipinski definition) is 2. The highest BCUT2D eigenvalue weighted by atomic mass is 35.5. The first kappa shape index (κ1) is 18.2. The minimum absolute atomic E-state index is 0.0453. The van der Waals surface area contributed by atoms with Crippen LogP contribution in [0, 0.1) is 5.92 Å². The van der Waals surface area contributed by atoms with Gasteiger partial charge in [-0.1, -0.05) is 18.5 Å². The van der Waals surface area contributed by atoms with Crippen LogP contribution in [-0.4, -0.2) is 40.2 Å². The summed E-state index contributed by atoms with van der Waals surface area (Å²) >= 11 is 5.83. The predicted octanol–water partition coefficient (Wildman–Crippen LogP) is 1.25. The van der Waals surface area contributed by atoms with Crippen molar-refractivity contribution < 1.29 is 22.7 Å². The van der Waals surface area contributed by atoms with Crippen molar-refractivity contribution in [1.82, 2.24) is 5.32 Å². The number of anilines is 1. The Morgan fingerprint density at radius 3 is 2.55 bits per heavy atom. The molecule has 1 aromatic carbocycles. The molecule has 0 aliphatic rings. The van der Waals surface area contributed by atoms with E-state index in [2.05, 4.69) is 14.8 Å². The van der Waals surface area contributed by atoms with Crippen molar-refractivity contribution in [2.75, 3.05) is 24.6 Å². The van der Waals surface area contributed by atoms with E-state index in [-0.39, 0.29) is 16.3 Å². The molecule has 0 heterocycles. The first-order chi connectivity index (χ1) is 10.2. The highest BCUT2D eigenvalue weighted by Crippen LogP contribution is 2.22. The fourth-order valence-corrected chi connectivity index (χ4v) is 3.29. The van der Waals surface area contributed by atoms with Gasteiger partial charge in [0.1, 0.15) is 0 Å². The number of ether oxygens (including phenoxy) is 1. The van der Waals surface area contributed by atoms with Gasteiger partial charge in [-0.05, 0) is 18.2 Å². The molecular weight excluding hydrogens is 332 g/mol. The zero-order valence-electron chi connectivity index (χ0n) is 12.3. The molecule has 1 aromatic rings. The number of nitrogens with one attached hydrogen (secondary N) is 2. The summed E-state index contributed by atoms with van der Waals surface area (Å²) in [6.45, 7) is 1.43. The predicted molar refractivity (Wildman–Crippen MR) is 83.4 cm³/mol. The summed E-state index contributed by atoms with van der Waals surface area (Å²) in [5.41, 5.74) is 0.171. The number of benzene rings is 1. The van der Waals surface area contributed by atoms with E-state index in [4.69, 9.17) is 11.6 Å². The first-order valence-electron chi connectivity index (χ1n) is 6.30. The number of rotatable bonds is 6. The molecule has 0 aliphatic carbocycles. The van der Waals surface area contributed by atoms with E-state index in [9.17, 15) is 18.0 Å². The lowest BCUT2D eigenvalue weighted by Gasteiger charge is -2.14. The molecule has 1 amide bonds. The van der Waals surface area contributed by atoms with Gasteiger partial charge in [0.25, 0.3) is 5.91 Å². The number of carbonyl (C=O) groups excluding carboxylic acids is 2. The number of hydrogen-bond acceptors (Lipinski definition) is 5. The van der Waals surface area contributed by atoms with E-state index in [1.54, 1.807) is 0 Å². The van der Waals surface area contributed by atoms with Gasteiger partial charge in [-0.15, -0.1) is 0 Å². The van der Waals surface area contributed by atoms with Gasteiger partial charge in [0.05, 0.1) is 30.0 Å². The summed E-state index contributed by atoms with van der Waals surface area (Å²) in [5, 5.41) is 2.67. The van der Waals surface area contributed by atoms with Crippen LogP contribution in [0.1, 0.15) is 17.3 Å². The van der Waals surface area contributed by atoms with Crippen LogP contribution < -0.4 is 10.0 Å². The molecule has 0 fully saturated rings. The van der Waals surface area contributed by atoms with E-state index < -0.39 is 33.6 Å². The molecule has 7 nitrogen and oxygen atoms in total. The fraction of sp³-hybridized carbons (Fsp3) is 0.385. The van der Waals surface area contributed by atoms with E-state index in [0.29, 0.717) is 0 Å². The van der Waals surface area contributed by atoms with Gasteiger partial charge >= 0.3 is 5.97 Å². The van der Waals surface area contributed by atoms with Gasteiger partial charge in [0.15, 0.2) is 0 Å². The number of sulfonamides is 1. The number of carbonyl (C=O) groups is 2. The number of esters is 1. The normalized spacial score (nSPS) is 12.4. The molecule has 0 saturated heterocycles. The van der Waals surface area contributed by atoms with Gasteiger partial charge in [-0.3, -0.25) is 14.3 Å². The van der Waals surface area contributed by atoms with Crippen molar-refractivity contribution in [2.45, 2.75) is 6.92 Å². The van der Waals surface area contributed by atoms with Gasteiger partial charge in [0, 0.05) is 12.1 Å². The number of halogens is 1. The molecule has 0 aliphatic heterocycles. The number of amides is 1. The second-order valence-electron chi connectivity index (χ2n) is 4.58. The van der Waals surface area contributed by atoms with E-state index >= 15 is 0 Å². The van der Waals surface area contributed by atoms with Crippen LogP contribution in [-0.2, 0) is 19.6 Å². The Balaban J connectivity index is 3.05. The van der Waals surface area contributed by atoms with Gasteiger partial charge in [-0.2, -0.15) is 0 Å². The van der Waals surface area contributed by atoms with Crippen molar-refractivity contribution in [3.05, 3.63) is 28.8 Å². The Labute approximate surface area is 134 Å². The summed E-state index contributed by atoms with van der Waals surface area (Å²) in [6.07, 6.45) is 0. The van der Waals surface area contributed by atoms with Crippen LogP contribution in [0.25, 0.3) is 0 Å². The fourth-order valence-electron chi connectivity index (χ4n) is 1.74. The van der Waals surface area contributed by atoms with Gasteiger partial charge in [-0.25, -0.2) is 8.42 Å². The molecule has 0 aromatic heterocycles. The third kappa shape index (κ3) is 4.88. The monoisotopic (exact) mass is 348 g/mol. The van der Waals surface area contributed by atoms with Crippen LogP contribution in [0.3, 0.4) is 0 Å². The quantitative estimate of drug-likeness (QED) is 0.753. The second-order valence-corrected chi connectivity index (χ2v) is 6.78. The molecule has 22 heavy (non-hydrogen) atoms. The zero-order valence-corrected chi connectivity index (χ0v) is 13.9. The van der Waals surface area contributed by atoms with Crippen molar-refractivity contribution in [1.29, 1.82) is 0 Å². The van der Waals surface area contributed by atoms with Crippen molar-refractivity contribution in [2.24, 2.45) is 5.92 Å². The van der Waals surface area contributed by atoms with Crippen LogP contribution >= 0.6 is 11.6 Å². The molecule has 0 saturated carbocycles. The van der Waals surface area contributed by atoms with Crippen molar-refractivity contribution in [3.63, 3.8) is 0 Å². The maximum Gasteiger partial charge on any atom is 0.309 e. The summed E-state index contributed by atoms with van der Waals surface area (Å²) in [7, 11) is -1.25. The average Bonchev–Trinajstić information content (AvgIpc) is 2.44. The van der Waals surface area contributed by atoms with Crippen LogP contribution in [0.4, 0.5) is 5.69 Å². The maximum absolute atomic E-state index is 12.1. The standard InChI is InChI=1S/C13H17ClN2O5S/c1-8(13(18)21-3)7-22(19,20)16-11-6-9(14)4-5-10(11)12(17)15-2/h4-6,8,16H,7H2,1-3H3,(H,15,17)/t8-/m0/s1. The van der Waals surface area contributed by atoms with E-state index in [1.165, 1.54) is 39.3 Å². The third-order valence-corrected chi connectivity index (χ3v) is 4.50. The molecule has 0 unspecified atom stereocenters. The Kier molecular flexibility index (Phi) is 6.19. The van der Waals surface area contributed by atoms with E-state index in [1.807, 2.05) is 0 Å². The second kappa shape index (κ2) is 7.46. The summed E-state index contributed by atoms with van der Waals surface area (Å²) < 4.78 is 31.0. The van der Waals surface area contributed by atoms with Crippen LogP contribution in [0.15, 0.2) is 18.2 Å². The zero-order chi connectivity index (χ0) is 16.9. The lowest BCUT2D eigenvalue weighted by Crippen LogP contribution is -2.28. The van der Waals surface area contributed by atoms with Gasteiger partial charge < -0.3 is 10.1 Å². The highest BCUT2D eigenvalue weighted by molar-refractivity contribution is 7.92. The molecule has 2 N–H and O–H groups in total. The van der Waals surface area contributed by atoms with Gasteiger partial charge in [0.2, 0.25) is 10.0 Å². The topological polar surface area (TPSA) is 102 Å². The molecular formula is C13H17ClN2O5S. The van der Waals surface area contributed by atoms with Crippen LogP contribution in [0.5, 0.6) is 0 Å². The minimum Gasteiger partial charge on any atom is -0.469 e. The summed E-state index contributed by atoms with van der Waals surface area (Å²) in [6, 6.07) is 4.20. The van der Waals surface area contributed by atoms with Crippen molar-refractivity contribution in [3.8, 4) is 0 Å². The summed E-state index contributed by atoms with van der Waals surface area (Å²) in [4.78, 5) is 23.1. The summed E-state index contributed by atoms with van der Waals surface area (Å²) in [5.74, 6) is -2.41. The average molecular weight is 349 g/mol. The third-order valence-electron chi connectivity index (χ3n) is 2.79. The first-order valence-corrected chi connectivity index (χ1v) is 8.33. The van der Waals surface area contributed by atoms with Crippen molar-refractivity contribution >= 4 is 39.2 Å².